The lowest BCUT2D eigenvalue weighted by Gasteiger charge is -2.10. The molecule has 0 fully saturated rings. The number of nitro benzene ring substituents is 1. The maximum Gasteiger partial charge on any atom is 0.273 e. The van der Waals surface area contributed by atoms with Gasteiger partial charge in [0.15, 0.2) is 0 Å². The molecule has 2 rings (SSSR count). The van der Waals surface area contributed by atoms with E-state index in [1.807, 2.05) is 18.2 Å². The Hall–Kier alpha value is -2.25. The topological polar surface area (TPSA) is 81.5 Å². The Kier molecular flexibility index (Phi) is 5.84. The van der Waals surface area contributed by atoms with E-state index in [1.54, 1.807) is 6.07 Å². The van der Waals surface area contributed by atoms with Gasteiger partial charge in [0.1, 0.15) is 5.75 Å². The summed E-state index contributed by atoms with van der Waals surface area (Å²) in [7, 11) is 1.38. The van der Waals surface area contributed by atoms with Gasteiger partial charge >= 0.3 is 0 Å². The minimum atomic E-state index is -0.526. The number of hydrogen-bond donors (Lipinski definition) is 1. The number of nitrogens with one attached hydrogen (secondary N) is 1. The number of ether oxygens (including phenoxy) is 1. The Labute approximate surface area is 141 Å². The molecule has 0 heterocycles. The van der Waals surface area contributed by atoms with Crippen molar-refractivity contribution in [1.29, 1.82) is 0 Å². The molecule has 120 valence electrons. The number of halogens is 1. The van der Waals surface area contributed by atoms with Gasteiger partial charge in [-0.2, -0.15) is 0 Å². The highest BCUT2D eigenvalue weighted by atomic mass is 35.5. The molecule has 1 amide bonds. The van der Waals surface area contributed by atoms with Gasteiger partial charge in [-0.05, 0) is 18.2 Å². The van der Waals surface area contributed by atoms with E-state index in [2.05, 4.69) is 5.32 Å². The number of thioether (sulfide) groups is 1. The van der Waals surface area contributed by atoms with Crippen LogP contribution in [-0.4, -0.2) is 23.7 Å². The molecular weight excluding hydrogens is 340 g/mol. The summed E-state index contributed by atoms with van der Waals surface area (Å²) in [5.41, 5.74) is 0.271. The molecule has 0 atom stereocenters. The second-order valence-corrected chi connectivity index (χ2v) is 5.83. The standard InChI is InChI=1S/C15H13ClN2O4S/c1-22-13-8-10(18(20)21)6-7-12(13)17-15(19)9-23-14-5-3-2-4-11(14)16/h2-8H,9H2,1H3,(H,17,19). The molecule has 0 bridgehead atoms. The zero-order valence-electron chi connectivity index (χ0n) is 12.1. The molecule has 6 nitrogen and oxygen atoms in total. The van der Waals surface area contributed by atoms with Crippen LogP contribution in [0.4, 0.5) is 11.4 Å². The SMILES string of the molecule is COc1cc([N+](=O)[O-])ccc1NC(=O)CSc1ccccc1Cl. The summed E-state index contributed by atoms with van der Waals surface area (Å²) in [5.74, 6) is 0.126. The first-order valence-corrected chi connectivity index (χ1v) is 7.87. The third-order valence-corrected chi connectivity index (χ3v) is 4.38. The molecule has 0 aliphatic carbocycles. The number of hydrogen-bond acceptors (Lipinski definition) is 5. The molecule has 0 aromatic heterocycles. The van der Waals surface area contributed by atoms with Crippen LogP contribution in [0, 0.1) is 10.1 Å². The molecule has 23 heavy (non-hydrogen) atoms. The maximum absolute atomic E-state index is 12.0. The van der Waals surface area contributed by atoms with Crippen molar-refractivity contribution >= 4 is 40.6 Å². The number of rotatable bonds is 6. The third kappa shape index (κ3) is 4.61. The van der Waals surface area contributed by atoms with Crippen molar-refractivity contribution in [2.75, 3.05) is 18.2 Å². The molecule has 0 aliphatic rings. The Morgan fingerprint density at radius 1 is 1.35 bits per heavy atom. The van der Waals surface area contributed by atoms with Crippen LogP contribution in [0.5, 0.6) is 5.75 Å². The summed E-state index contributed by atoms with van der Waals surface area (Å²) in [6, 6.07) is 11.2. The van der Waals surface area contributed by atoms with Gasteiger partial charge in [0, 0.05) is 11.0 Å². The van der Waals surface area contributed by atoms with Gasteiger partial charge in [0.2, 0.25) is 5.91 Å². The van der Waals surface area contributed by atoms with Crippen molar-refractivity contribution < 1.29 is 14.5 Å². The number of anilines is 1. The number of carbonyl (C=O) groups excluding carboxylic acids is 1. The molecule has 0 saturated carbocycles. The quantitative estimate of drug-likeness (QED) is 0.483. The van der Waals surface area contributed by atoms with E-state index in [4.69, 9.17) is 16.3 Å². The van der Waals surface area contributed by atoms with E-state index in [0.29, 0.717) is 10.7 Å². The van der Waals surface area contributed by atoms with E-state index in [1.165, 1.54) is 37.1 Å². The zero-order chi connectivity index (χ0) is 16.8. The van der Waals surface area contributed by atoms with Crippen molar-refractivity contribution in [3.8, 4) is 5.75 Å². The molecule has 0 aliphatic heterocycles. The number of nitro groups is 1. The number of benzene rings is 2. The normalized spacial score (nSPS) is 10.2. The second-order valence-electron chi connectivity index (χ2n) is 4.41. The van der Waals surface area contributed by atoms with Gasteiger partial charge in [-0.1, -0.05) is 23.7 Å². The summed E-state index contributed by atoms with van der Waals surface area (Å²) in [4.78, 5) is 23.0. The fraction of sp³-hybridized carbons (Fsp3) is 0.133. The van der Waals surface area contributed by atoms with Crippen LogP contribution < -0.4 is 10.1 Å². The first kappa shape index (κ1) is 17.1. The van der Waals surface area contributed by atoms with Crippen LogP contribution in [-0.2, 0) is 4.79 Å². The van der Waals surface area contributed by atoms with Crippen LogP contribution in [0.2, 0.25) is 5.02 Å². The Bertz CT molecular complexity index is 739. The van der Waals surface area contributed by atoms with Gasteiger partial charge in [-0.15, -0.1) is 11.8 Å². The molecule has 0 saturated heterocycles. The van der Waals surface area contributed by atoms with Crippen LogP contribution in [0.15, 0.2) is 47.4 Å². The van der Waals surface area contributed by atoms with Gasteiger partial charge in [0.25, 0.3) is 5.69 Å². The Morgan fingerprint density at radius 3 is 2.74 bits per heavy atom. The molecule has 8 heteroatoms. The predicted octanol–water partition coefficient (Wildman–Crippen LogP) is 3.99. The summed E-state index contributed by atoms with van der Waals surface area (Å²) in [6.07, 6.45) is 0. The largest absolute Gasteiger partial charge is 0.494 e. The van der Waals surface area contributed by atoms with E-state index in [9.17, 15) is 14.9 Å². The van der Waals surface area contributed by atoms with Crippen molar-refractivity contribution in [3.63, 3.8) is 0 Å². The fourth-order valence-corrected chi connectivity index (χ4v) is 2.83. The number of nitrogens with zero attached hydrogens (tertiary/aromatic N) is 1. The van der Waals surface area contributed by atoms with Crippen molar-refractivity contribution in [3.05, 3.63) is 57.6 Å². The number of amides is 1. The minimum absolute atomic E-state index is 0.106. The number of non-ortho nitro benzene ring substituents is 1. The molecular formula is C15H13ClN2O4S. The summed E-state index contributed by atoms with van der Waals surface area (Å²) >= 11 is 7.33. The van der Waals surface area contributed by atoms with Gasteiger partial charge in [-0.3, -0.25) is 14.9 Å². The van der Waals surface area contributed by atoms with Crippen LogP contribution >= 0.6 is 23.4 Å². The zero-order valence-corrected chi connectivity index (χ0v) is 13.7. The highest BCUT2D eigenvalue weighted by molar-refractivity contribution is 8.00. The van der Waals surface area contributed by atoms with E-state index in [0.717, 1.165) is 4.90 Å². The predicted molar refractivity (Wildman–Crippen MR) is 90.5 cm³/mol. The van der Waals surface area contributed by atoms with Gasteiger partial charge < -0.3 is 10.1 Å². The van der Waals surface area contributed by atoms with Gasteiger partial charge in [-0.25, -0.2) is 0 Å². The van der Waals surface area contributed by atoms with Crippen LogP contribution in [0.3, 0.4) is 0 Å². The maximum atomic E-state index is 12.0. The second kappa shape index (κ2) is 7.85. The lowest BCUT2D eigenvalue weighted by Crippen LogP contribution is -2.14. The third-order valence-electron chi connectivity index (χ3n) is 2.87. The fourth-order valence-electron chi connectivity index (χ4n) is 1.79. The molecule has 0 spiro atoms. The molecule has 2 aromatic rings. The molecule has 0 unspecified atom stereocenters. The van der Waals surface area contributed by atoms with Crippen LogP contribution in [0.25, 0.3) is 0 Å². The molecule has 2 aromatic carbocycles. The van der Waals surface area contributed by atoms with Gasteiger partial charge in [0.05, 0.1) is 34.6 Å². The lowest BCUT2D eigenvalue weighted by atomic mass is 10.2. The molecule has 1 N–H and O–H groups in total. The summed E-state index contributed by atoms with van der Waals surface area (Å²) in [6.45, 7) is 0. The van der Waals surface area contributed by atoms with E-state index < -0.39 is 4.92 Å². The highest BCUT2D eigenvalue weighted by Crippen LogP contribution is 2.30. The van der Waals surface area contributed by atoms with Crippen LogP contribution in [0.1, 0.15) is 0 Å². The van der Waals surface area contributed by atoms with Crippen molar-refractivity contribution in [2.24, 2.45) is 0 Å². The summed E-state index contributed by atoms with van der Waals surface area (Å²) in [5, 5.41) is 14.0. The summed E-state index contributed by atoms with van der Waals surface area (Å²) < 4.78 is 5.07. The van der Waals surface area contributed by atoms with Crippen molar-refractivity contribution in [2.45, 2.75) is 4.90 Å². The number of carbonyl (C=O) groups is 1. The monoisotopic (exact) mass is 352 g/mol. The lowest BCUT2D eigenvalue weighted by molar-refractivity contribution is -0.384. The number of methoxy groups -OCH3 is 1. The first-order valence-electron chi connectivity index (χ1n) is 6.51. The van der Waals surface area contributed by atoms with Crippen molar-refractivity contribution in [1.82, 2.24) is 0 Å². The minimum Gasteiger partial charge on any atom is -0.494 e. The average molecular weight is 353 g/mol. The highest BCUT2D eigenvalue weighted by Gasteiger charge is 2.13. The average Bonchev–Trinajstić information content (AvgIpc) is 2.54. The first-order chi connectivity index (χ1) is 11.0. The Balaban J connectivity index is 2.03. The Morgan fingerprint density at radius 2 is 2.09 bits per heavy atom. The van der Waals surface area contributed by atoms with E-state index >= 15 is 0 Å². The van der Waals surface area contributed by atoms with E-state index in [-0.39, 0.29) is 23.1 Å². The molecule has 0 radical (unpaired) electrons. The smallest absolute Gasteiger partial charge is 0.273 e.